The van der Waals surface area contributed by atoms with Crippen LogP contribution in [0.5, 0.6) is 0 Å². The van der Waals surface area contributed by atoms with Crippen molar-refractivity contribution in [2.24, 2.45) is 0 Å². The van der Waals surface area contributed by atoms with Crippen LogP contribution in [0.3, 0.4) is 0 Å². The second-order valence-corrected chi connectivity index (χ2v) is 7.59. The number of likely N-dealkylation sites (tertiary alicyclic amines) is 1. The molecule has 0 saturated carbocycles. The number of hydrogen-bond donors (Lipinski definition) is 2. The number of para-hydroxylation sites is 1. The molecule has 2 saturated heterocycles. The van der Waals surface area contributed by atoms with E-state index in [0.717, 1.165) is 16.5 Å². The number of pyridine rings is 2. The molecule has 8 nitrogen and oxygen atoms in total. The molecule has 0 radical (unpaired) electrons. The number of carbonyl (C=O) groups excluding carboxylic acids is 3. The van der Waals surface area contributed by atoms with E-state index in [2.05, 4.69) is 15.6 Å². The molecular weight excluding hydrogens is 382 g/mol. The Labute approximate surface area is 172 Å². The van der Waals surface area contributed by atoms with Gasteiger partial charge in [-0.1, -0.05) is 18.2 Å². The largest absolute Gasteiger partial charge is 0.338 e. The molecule has 1 spiro atoms. The predicted octanol–water partition coefficient (Wildman–Crippen LogP) is 2.11. The van der Waals surface area contributed by atoms with Gasteiger partial charge in [0.15, 0.2) is 0 Å². The maximum absolute atomic E-state index is 13.4. The van der Waals surface area contributed by atoms with Crippen molar-refractivity contribution in [3.63, 3.8) is 0 Å². The fourth-order valence-corrected chi connectivity index (χ4v) is 4.16. The molecular formula is C22H19N5O3. The van der Waals surface area contributed by atoms with Crippen molar-refractivity contribution < 1.29 is 14.4 Å². The molecule has 0 aliphatic carbocycles. The minimum Gasteiger partial charge on any atom is -0.338 e. The average Bonchev–Trinajstić information content (AvgIpc) is 3.06. The summed E-state index contributed by atoms with van der Waals surface area (Å²) in [6.45, 7) is 0.765. The number of urea groups is 1. The van der Waals surface area contributed by atoms with Gasteiger partial charge < -0.3 is 10.2 Å². The summed E-state index contributed by atoms with van der Waals surface area (Å²) in [4.78, 5) is 47.7. The van der Waals surface area contributed by atoms with Gasteiger partial charge in [0, 0.05) is 36.4 Å². The van der Waals surface area contributed by atoms with Crippen LogP contribution in [0, 0.1) is 0 Å². The first-order valence-corrected chi connectivity index (χ1v) is 9.79. The van der Waals surface area contributed by atoms with E-state index in [1.165, 1.54) is 0 Å². The van der Waals surface area contributed by atoms with Crippen LogP contribution in [0.15, 0.2) is 54.9 Å². The van der Waals surface area contributed by atoms with Crippen LogP contribution < -0.4 is 10.6 Å². The van der Waals surface area contributed by atoms with Crippen LogP contribution in [-0.4, -0.2) is 51.3 Å². The van der Waals surface area contributed by atoms with Crippen LogP contribution in [0.4, 0.5) is 4.79 Å². The molecule has 2 aliphatic heterocycles. The first-order chi connectivity index (χ1) is 14.6. The molecule has 3 aromatic rings. The van der Waals surface area contributed by atoms with Crippen molar-refractivity contribution in [2.75, 3.05) is 13.1 Å². The second kappa shape index (κ2) is 6.91. The molecule has 0 atom stereocenters. The van der Waals surface area contributed by atoms with Crippen molar-refractivity contribution in [3.05, 3.63) is 60.4 Å². The van der Waals surface area contributed by atoms with Gasteiger partial charge in [-0.3, -0.25) is 19.9 Å². The Morgan fingerprint density at radius 1 is 1.03 bits per heavy atom. The maximum atomic E-state index is 13.4. The van der Waals surface area contributed by atoms with E-state index in [9.17, 15) is 14.4 Å². The third-order valence-corrected chi connectivity index (χ3v) is 5.84. The zero-order valence-corrected chi connectivity index (χ0v) is 16.1. The topological polar surface area (TPSA) is 104 Å². The Morgan fingerprint density at radius 3 is 2.47 bits per heavy atom. The molecule has 8 heteroatoms. The van der Waals surface area contributed by atoms with Gasteiger partial charge in [0.05, 0.1) is 16.8 Å². The predicted molar refractivity (Wildman–Crippen MR) is 110 cm³/mol. The van der Waals surface area contributed by atoms with Crippen molar-refractivity contribution in [3.8, 4) is 11.3 Å². The zero-order valence-electron chi connectivity index (χ0n) is 16.1. The summed E-state index contributed by atoms with van der Waals surface area (Å²) >= 11 is 0. The summed E-state index contributed by atoms with van der Waals surface area (Å²) in [6.07, 6.45) is 4.16. The number of carbonyl (C=O) groups is 3. The normalized spacial score (nSPS) is 17.8. The molecule has 2 N–H and O–H groups in total. The molecule has 30 heavy (non-hydrogen) atoms. The number of hydrogen-bond acceptors (Lipinski definition) is 5. The van der Waals surface area contributed by atoms with E-state index in [-0.39, 0.29) is 11.8 Å². The molecule has 2 fully saturated rings. The Hall–Kier alpha value is -3.81. The summed E-state index contributed by atoms with van der Waals surface area (Å²) in [6, 6.07) is 12.6. The second-order valence-electron chi connectivity index (χ2n) is 7.59. The number of benzene rings is 1. The number of imide groups is 1. The highest BCUT2D eigenvalue weighted by atomic mass is 16.2. The summed E-state index contributed by atoms with van der Waals surface area (Å²) in [7, 11) is 0. The fourth-order valence-electron chi connectivity index (χ4n) is 4.16. The fraction of sp³-hybridized carbons (Fsp3) is 0.227. The van der Waals surface area contributed by atoms with Gasteiger partial charge in [-0.25, -0.2) is 9.78 Å². The minimum atomic E-state index is -0.906. The summed E-state index contributed by atoms with van der Waals surface area (Å²) in [5, 5.41) is 5.81. The molecule has 0 bridgehead atoms. The van der Waals surface area contributed by atoms with E-state index >= 15 is 0 Å². The van der Waals surface area contributed by atoms with Crippen LogP contribution in [-0.2, 0) is 4.79 Å². The first kappa shape index (κ1) is 18.2. The third kappa shape index (κ3) is 2.97. The maximum Gasteiger partial charge on any atom is 0.322 e. The highest BCUT2D eigenvalue weighted by Crippen LogP contribution is 2.29. The lowest BCUT2D eigenvalue weighted by Gasteiger charge is -2.37. The smallest absolute Gasteiger partial charge is 0.322 e. The number of piperidine rings is 1. The van der Waals surface area contributed by atoms with Gasteiger partial charge in [0.1, 0.15) is 5.54 Å². The SMILES string of the molecule is O=C1NC(=O)C2(CCN(C(=O)c3cc(-c4ccncc4)nc4ccccc34)CC2)N1. The van der Waals surface area contributed by atoms with Crippen molar-refractivity contribution >= 4 is 28.7 Å². The van der Waals surface area contributed by atoms with E-state index in [1.54, 1.807) is 17.3 Å². The standard InChI is InChI=1S/C22H19N5O3/c28-19(27-11-7-22(8-12-27)20(29)25-21(30)26-22)16-13-18(14-5-9-23-10-6-14)24-17-4-2-1-3-15(16)17/h1-6,9-10,13H,7-8,11-12H2,(H2,25,26,29,30). The number of rotatable bonds is 2. The summed E-state index contributed by atoms with van der Waals surface area (Å²) in [5.74, 6) is -0.419. The van der Waals surface area contributed by atoms with Crippen LogP contribution in [0.25, 0.3) is 22.2 Å². The molecule has 4 heterocycles. The highest BCUT2D eigenvalue weighted by Gasteiger charge is 2.48. The summed E-state index contributed by atoms with van der Waals surface area (Å²) in [5.41, 5.74) is 1.99. The van der Waals surface area contributed by atoms with E-state index < -0.39 is 11.6 Å². The third-order valence-electron chi connectivity index (χ3n) is 5.84. The lowest BCUT2D eigenvalue weighted by molar-refractivity contribution is -0.125. The Morgan fingerprint density at radius 2 is 1.77 bits per heavy atom. The van der Waals surface area contributed by atoms with Crippen LogP contribution in [0.1, 0.15) is 23.2 Å². The van der Waals surface area contributed by atoms with E-state index in [4.69, 9.17) is 4.98 Å². The van der Waals surface area contributed by atoms with E-state index in [1.807, 2.05) is 42.5 Å². The Balaban J connectivity index is 1.48. The molecule has 5 rings (SSSR count). The number of nitrogens with one attached hydrogen (secondary N) is 2. The van der Waals surface area contributed by atoms with E-state index in [0.29, 0.717) is 37.2 Å². The average molecular weight is 401 g/mol. The van der Waals surface area contributed by atoms with Gasteiger partial charge in [0.2, 0.25) is 0 Å². The quantitative estimate of drug-likeness (QED) is 0.640. The van der Waals surface area contributed by atoms with Gasteiger partial charge in [-0.2, -0.15) is 0 Å². The van der Waals surface area contributed by atoms with Crippen molar-refractivity contribution in [1.82, 2.24) is 25.5 Å². The number of aromatic nitrogens is 2. The molecule has 150 valence electrons. The number of nitrogens with zero attached hydrogens (tertiary/aromatic N) is 3. The Kier molecular flexibility index (Phi) is 4.20. The summed E-state index contributed by atoms with van der Waals surface area (Å²) < 4.78 is 0. The minimum absolute atomic E-state index is 0.108. The lowest BCUT2D eigenvalue weighted by atomic mass is 9.87. The molecule has 0 unspecified atom stereocenters. The highest BCUT2D eigenvalue weighted by molar-refractivity contribution is 6.08. The van der Waals surface area contributed by atoms with Crippen LogP contribution in [0.2, 0.25) is 0 Å². The monoisotopic (exact) mass is 401 g/mol. The number of fused-ring (bicyclic) bond motifs is 1. The lowest BCUT2D eigenvalue weighted by Crippen LogP contribution is -2.55. The van der Waals surface area contributed by atoms with Gasteiger partial charge in [0.25, 0.3) is 11.8 Å². The Bertz CT molecular complexity index is 1170. The molecule has 1 aromatic carbocycles. The van der Waals surface area contributed by atoms with Crippen molar-refractivity contribution in [1.29, 1.82) is 0 Å². The molecule has 2 aromatic heterocycles. The number of amides is 4. The van der Waals surface area contributed by atoms with Gasteiger partial charge in [-0.15, -0.1) is 0 Å². The molecule has 2 aliphatic rings. The first-order valence-electron chi connectivity index (χ1n) is 9.79. The van der Waals surface area contributed by atoms with Crippen LogP contribution >= 0.6 is 0 Å². The zero-order chi connectivity index (χ0) is 20.7. The van der Waals surface area contributed by atoms with Gasteiger partial charge in [-0.05, 0) is 37.1 Å². The van der Waals surface area contributed by atoms with Crippen molar-refractivity contribution in [2.45, 2.75) is 18.4 Å². The van der Waals surface area contributed by atoms with Gasteiger partial charge >= 0.3 is 6.03 Å². The molecule has 4 amide bonds.